The van der Waals surface area contributed by atoms with Crippen LogP contribution in [-0.4, -0.2) is 11.0 Å². The van der Waals surface area contributed by atoms with Gasteiger partial charge in [0, 0.05) is 18.7 Å². The summed E-state index contributed by atoms with van der Waals surface area (Å²) in [7, 11) is 0. The SMILES string of the molecule is CC(C)Nc1ccc(CN)cc1[N+](=O)[O-]. The Morgan fingerprint density at radius 1 is 1.53 bits per heavy atom. The molecule has 15 heavy (non-hydrogen) atoms. The molecule has 1 aromatic carbocycles. The average Bonchev–Trinajstić information content (AvgIpc) is 2.17. The fourth-order valence-electron chi connectivity index (χ4n) is 1.29. The molecule has 0 aromatic heterocycles. The second kappa shape index (κ2) is 4.75. The minimum atomic E-state index is -0.399. The highest BCUT2D eigenvalue weighted by Crippen LogP contribution is 2.25. The van der Waals surface area contributed by atoms with Gasteiger partial charge in [-0.2, -0.15) is 0 Å². The molecule has 1 rings (SSSR count). The zero-order valence-corrected chi connectivity index (χ0v) is 8.86. The number of nitro benzene ring substituents is 1. The predicted octanol–water partition coefficient (Wildman–Crippen LogP) is 1.87. The Morgan fingerprint density at radius 3 is 2.67 bits per heavy atom. The first kappa shape index (κ1) is 11.5. The maximum Gasteiger partial charge on any atom is 0.292 e. The van der Waals surface area contributed by atoms with Gasteiger partial charge in [-0.1, -0.05) is 6.07 Å². The smallest absolute Gasteiger partial charge is 0.292 e. The third kappa shape index (κ3) is 2.92. The van der Waals surface area contributed by atoms with Crippen LogP contribution in [0.4, 0.5) is 11.4 Å². The van der Waals surface area contributed by atoms with E-state index in [1.165, 1.54) is 6.07 Å². The van der Waals surface area contributed by atoms with E-state index in [2.05, 4.69) is 5.32 Å². The van der Waals surface area contributed by atoms with Crippen LogP contribution in [0, 0.1) is 10.1 Å². The summed E-state index contributed by atoms with van der Waals surface area (Å²) < 4.78 is 0. The third-order valence-electron chi connectivity index (χ3n) is 1.94. The van der Waals surface area contributed by atoms with Gasteiger partial charge < -0.3 is 11.1 Å². The van der Waals surface area contributed by atoms with Crippen molar-refractivity contribution in [3.05, 3.63) is 33.9 Å². The van der Waals surface area contributed by atoms with E-state index in [1.54, 1.807) is 12.1 Å². The second-order valence-electron chi connectivity index (χ2n) is 3.61. The maximum atomic E-state index is 10.8. The summed E-state index contributed by atoms with van der Waals surface area (Å²) in [4.78, 5) is 10.4. The quantitative estimate of drug-likeness (QED) is 0.586. The molecule has 0 spiro atoms. The van der Waals surface area contributed by atoms with E-state index in [9.17, 15) is 10.1 Å². The van der Waals surface area contributed by atoms with Crippen LogP contribution in [0.3, 0.4) is 0 Å². The fraction of sp³-hybridized carbons (Fsp3) is 0.400. The fourth-order valence-corrected chi connectivity index (χ4v) is 1.29. The lowest BCUT2D eigenvalue weighted by Gasteiger charge is -2.10. The van der Waals surface area contributed by atoms with Gasteiger partial charge in [0.15, 0.2) is 0 Å². The molecule has 0 aliphatic rings. The van der Waals surface area contributed by atoms with Crippen molar-refractivity contribution in [3.63, 3.8) is 0 Å². The van der Waals surface area contributed by atoms with Crippen LogP contribution in [0.1, 0.15) is 19.4 Å². The van der Waals surface area contributed by atoms with Crippen LogP contribution in [-0.2, 0) is 6.54 Å². The molecule has 5 heteroatoms. The number of rotatable bonds is 4. The lowest BCUT2D eigenvalue weighted by molar-refractivity contribution is -0.384. The van der Waals surface area contributed by atoms with Crippen molar-refractivity contribution in [1.29, 1.82) is 0 Å². The van der Waals surface area contributed by atoms with Gasteiger partial charge in [-0.05, 0) is 25.5 Å². The van der Waals surface area contributed by atoms with Gasteiger partial charge in [-0.15, -0.1) is 0 Å². The monoisotopic (exact) mass is 209 g/mol. The van der Waals surface area contributed by atoms with Gasteiger partial charge in [-0.25, -0.2) is 0 Å². The molecular formula is C10H15N3O2. The van der Waals surface area contributed by atoms with Gasteiger partial charge in [0.05, 0.1) is 4.92 Å². The summed E-state index contributed by atoms with van der Waals surface area (Å²) in [6.45, 7) is 4.17. The molecule has 0 radical (unpaired) electrons. The maximum absolute atomic E-state index is 10.8. The van der Waals surface area contributed by atoms with Crippen molar-refractivity contribution in [2.75, 3.05) is 5.32 Å². The second-order valence-corrected chi connectivity index (χ2v) is 3.61. The average molecular weight is 209 g/mol. The number of hydrogen-bond donors (Lipinski definition) is 2. The molecule has 0 amide bonds. The standard InChI is InChI=1S/C10H15N3O2/c1-7(2)12-9-4-3-8(6-11)5-10(9)13(14)15/h3-5,7,12H,6,11H2,1-2H3. The molecule has 1 aromatic rings. The molecule has 5 nitrogen and oxygen atoms in total. The van der Waals surface area contributed by atoms with Gasteiger partial charge in [0.1, 0.15) is 5.69 Å². The molecule has 0 bridgehead atoms. The molecule has 0 aliphatic carbocycles. The topological polar surface area (TPSA) is 81.2 Å². The van der Waals surface area contributed by atoms with E-state index in [0.717, 1.165) is 5.56 Å². The predicted molar refractivity (Wildman–Crippen MR) is 59.7 cm³/mol. The van der Waals surface area contributed by atoms with Crippen LogP contribution in [0.5, 0.6) is 0 Å². The molecule has 0 atom stereocenters. The van der Waals surface area contributed by atoms with Crippen molar-refractivity contribution < 1.29 is 4.92 Å². The molecule has 0 fully saturated rings. The zero-order chi connectivity index (χ0) is 11.4. The Bertz CT molecular complexity index is 364. The summed E-state index contributed by atoms with van der Waals surface area (Å²) in [5.41, 5.74) is 6.80. The Hall–Kier alpha value is -1.62. The Morgan fingerprint density at radius 2 is 2.20 bits per heavy atom. The molecule has 3 N–H and O–H groups in total. The van der Waals surface area contributed by atoms with Gasteiger partial charge in [-0.3, -0.25) is 10.1 Å². The normalized spacial score (nSPS) is 10.4. The number of anilines is 1. The molecular weight excluding hydrogens is 194 g/mol. The lowest BCUT2D eigenvalue weighted by Crippen LogP contribution is -2.11. The van der Waals surface area contributed by atoms with E-state index in [0.29, 0.717) is 12.2 Å². The van der Waals surface area contributed by atoms with E-state index in [4.69, 9.17) is 5.73 Å². The molecule has 0 saturated carbocycles. The van der Waals surface area contributed by atoms with Crippen LogP contribution in [0.25, 0.3) is 0 Å². The largest absolute Gasteiger partial charge is 0.377 e. The van der Waals surface area contributed by atoms with Crippen molar-refractivity contribution in [3.8, 4) is 0 Å². The molecule has 0 unspecified atom stereocenters. The summed E-state index contributed by atoms with van der Waals surface area (Å²) in [5, 5.41) is 13.8. The number of benzene rings is 1. The van der Waals surface area contributed by atoms with E-state index in [-0.39, 0.29) is 11.7 Å². The first-order chi connectivity index (χ1) is 7.04. The van der Waals surface area contributed by atoms with Gasteiger partial charge in [0.2, 0.25) is 0 Å². The first-order valence-electron chi connectivity index (χ1n) is 4.78. The van der Waals surface area contributed by atoms with Crippen molar-refractivity contribution >= 4 is 11.4 Å². The first-order valence-corrected chi connectivity index (χ1v) is 4.78. The minimum Gasteiger partial charge on any atom is -0.377 e. The van der Waals surface area contributed by atoms with Crippen molar-refractivity contribution in [1.82, 2.24) is 0 Å². The zero-order valence-electron chi connectivity index (χ0n) is 8.86. The highest BCUT2D eigenvalue weighted by atomic mass is 16.6. The van der Waals surface area contributed by atoms with Crippen LogP contribution >= 0.6 is 0 Å². The highest BCUT2D eigenvalue weighted by Gasteiger charge is 2.14. The number of nitrogens with one attached hydrogen (secondary N) is 1. The van der Waals surface area contributed by atoms with Crippen molar-refractivity contribution in [2.24, 2.45) is 5.73 Å². The van der Waals surface area contributed by atoms with E-state index in [1.807, 2.05) is 13.8 Å². The highest BCUT2D eigenvalue weighted by molar-refractivity contribution is 5.62. The van der Waals surface area contributed by atoms with Crippen LogP contribution in [0.15, 0.2) is 18.2 Å². The van der Waals surface area contributed by atoms with Gasteiger partial charge in [0.25, 0.3) is 5.69 Å². The third-order valence-corrected chi connectivity index (χ3v) is 1.94. The molecule has 0 aliphatic heterocycles. The Labute approximate surface area is 88.4 Å². The van der Waals surface area contributed by atoms with Crippen LogP contribution in [0.2, 0.25) is 0 Å². The Balaban J connectivity index is 3.09. The number of nitro groups is 1. The van der Waals surface area contributed by atoms with Crippen LogP contribution < -0.4 is 11.1 Å². The molecule has 0 saturated heterocycles. The van der Waals surface area contributed by atoms with Gasteiger partial charge >= 0.3 is 0 Å². The number of hydrogen-bond acceptors (Lipinski definition) is 4. The summed E-state index contributed by atoms with van der Waals surface area (Å²) in [6, 6.07) is 5.15. The minimum absolute atomic E-state index is 0.0756. The summed E-state index contributed by atoms with van der Waals surface area (Å²) in [6.07, 6.45) is 0. The van der Waals surface area contributed by atoms with E-state index < -0.39 is 4.92 Å². The number of nitrogens with zero attached hydrogens (tertiary/aromatic N) is 1. The Kier molecular flexibility index (Phi) is 3.62. The molecule has 0 heterocycles. The van der Waals surface area contributed by atoms with Crippen molar-refractivity contribution in [2.45, 2.75) is 26.4 Å². The lowest BCUT2D eigenvalue weighted by atomic mass is 10.1. The molecule has 82 valence electrons. The summed E-state index contributed by atoms with van der Waals surface area (Å²) >= 11 is 0. The summed E-state index contributed by atoms with van der Waals surface area (Å²) in [5.74, 6) is 0. The van der Waals surface area contributed by atoms with E-state index >= 15 is 0 Å². The number of nitrogens with two attached hydrogens (primary N) is 1.